The molecule has 0 bridgehead atoms. The van der Waals surface area contributed by atoms with Gasteiger partial charge in [0.2, 0.25) is 0 Å². The van der Waals surface area contributed by atoms with Crippen LogP contribution in [-0.4, -0.2) is 49.6 Å². The Labute approximate surface area is 118 Å². The number of hydrogen-bond acceptors (Lipinski definition) is 3. The molecule has 0 aliphatic carbocycles. The number of benzene rings is 1. The molecule has 1 atom stereocenters. The van der Waals surface area contributed by atoms with E-state index in [4.69, 9.17) is 5.73 Å². The van der Waals surface area contributed by atoms with E-state index >= 15 is 0 Å². The Morgan fingerprint density at radius 2 is 1.89 bits per heavy atom. The molecular weight excluding hydrogens is 290 g/mol. The summed E-state index contributed by atoms with van der Waals surface area (Å²) in [5.74, 6) is 0. The van der Waals surface area contributed by atoms with Gasteiger partial charge in [0.25, 0.3) is 0 Å². The molecule has 0 radical (unpaired) electrons. The molecule has 0 spiro atoms. The van der Waals surface area contributed by atoms with Gasteiger partial charge >= 0.3 is 0 Å². The van der Waals surface area contributed by atoms with Gasteiger partial charge in [-0.25, -0.2) is 0 Å². The molecule has 1 saturated heterocycles. The molecule has 1 aliphatic rings. The van der Waals surface area contributed by atoms with Crippen molar-refractivity contribution in [2.75, 3.05) is 39.8 Å². The minimum atomic E-state index is 0.125. The molecule has 100 valence electrons. The molecule has 2 rings (SSSR count). The maximum atomic E-state index is 6.27. The normalized spacial score (nSPS) is 19.9. The highest BCUT2D eigenvalue weighted by Gasteiger charge is 2.15. The van der Waals surface area contributed by atoms with Gasteiger partial charge in [0.05, 0.1) is 0 Å². The lowest BCUT2D eigenvalue weighted by Gasteiger charge is -2.32. The summed E-state index contributed by atoms with van der Waals surface area (Å²) in [6.45, 7) is 5.77. The second kappa shape index (κ2) is 6.66. The molecule has 1 aromatic rings. The lowest BCUT2D eigenvalue weighted by atomic mass is 10.0. The molecule has 0 amide bonds. The van der Waals surface area contributed by atoms with E-state index in [1.165, 1.54) is 31.7 Å². The van der Waals surface area contributed by atoms with Crippen molar-refractivity contribution in [2.45, 2.75) is 12.5 Å². The van der Waals surface area contributed by atoms with Crippen molar-refractivity contribution < 1.29 is 0 Å². The van der Waals surface area contributed by atoms with Gasteiger partial charge in [-0.1, -0.05) is 34.1 Å². The monoisotopic (exact) mass is 311 g/mol. The van der Waals surface area contributed by atoms with E-state index in [0.717, 1.165) is 17.4 Å². The molecule has 18 heavy (non-hydrogen) atoms. The van der Waals surface area contributed by atoms with Gasteiger partial charge < -0.3 is 15.5 Å². The van der Waals surface area contributed by atoms with Crippen molar-refractivity contribution in [3.8, 4) is 0 Å². The van der Waals surface area contributed by atoms with E-state index in [-0.39, 0.29) is 6.04 Å². The second-order valence-electron chi connectivity index (χ2n) is 5.06. The maximum absolute atomic E-state index is 6.27. The van der Waals surface area contributed by atoms with Crippen molar-refractivity contribution in [3.63, 3.8) is 0 Å². The topological polar surface area (TPSA) is 32.5 Å². The van der Waals surface area contributed by atoms with Crippen LogP contribution in [-0.2, 0) is 0 Å². The van der Waals surface area contributed by atoms with Crippen molar-refractivity contribution in [1.82, 2.24) is 9.80 Å². The molecule has 1 fully saturated rings. The lowest BCUT2D eigenvalue weighted by molar-refractivity contribution is 0.150. The quantitative estimate of drug-likeness (QED) is 0.924. The SMILES string of the molecule is CN1CCN(CCC(N)c2ccccc2Br)CC1. The number of nitrogens with two attached hydrogens (primary N) is 1. The van der Waals surface area contributed by atoms with Crippen LogP contribution >= 0.6 is 15.9 Å². The summed E-state index contributed by atoms with van der Waals surface area (Å²) in [7, 11) is 2.18. The smallest absolute Gasteiger partial charge is 0.0318 e. The van der Waals surface area contributed by atoms with Crippen molar-refractivity contribution in [1.29, 1.82) is 0 Å². The van der Waals surface area contributed by atoms with Crippen LogP contribution in [0.25, 0.3) is 0 Å². The van der Waals surface area contributed by atoms with Gasteiger partial charge in [-0.2, -0.15) is 0 Å². The molecule has 2 N–H and O–H groups in total. The standard InChI is InChI=1S/C14H22BrN3/c1-17-8-10-18(11-9-17)7-6-14(16)12-4-2-3-5-13(12)15/h2-5,14H,6-11,16H2,1H3. The van der Waals surface area contributed by atoms with Crippen LogP contribution in [0.3, 0.4) is 0 Å². The Kier molecular flexibility index (Phi) is 5.18. The van der Waals surface area contributed by atoms with E-state index in [2.05, 4.69) is 51.0 Å². The number of likely N-dealkylation sites (N-methyl/N-ethyl adjacent to an activating group) is 1. The molecule has 1 aliphatic heterocycles. The minimum absolute atomic E-state index is 0.125. The number of piperazine rings is 1. The van der Waals surface area contributed by atoms with E-state index in [1.54, 1.807) is 0 Å². The molecule has 3 nitrogen and oxygen atoms in total. The summed E-state index contributed by atoms with van der Waals surface area (Å²) in [6, 6.07) is 8.38. The second-order valence-corrected chi connectivity index (χ2v) is 5.92. The van der Waals surface area contributed by atoms with E-state index in [1.807, 2.05) is 6.07 Å². The fourth-order valence-electron chi connectivity index (χ4n) is 2.32. The number of hydrogen-bond donors (Lipinski definition) is 1. The maximum Gasteiger partial charge on any atom is 0.0318 e. The van der Waals surface area contributed by atoms with Crippen molar-refractivity contribution in [2.24, 2.45) is 5.73 Å². The van der Waals surface area contributed by atoms with Crippen LogP contribution in [0.4, 0.5) is 0 Å². The molecule has 1 aromatic carbocycles. The summed E-state index contributed by atoms with van der Waals surface area (Å²) in [6.07, 6.45) is 1.02. The third-order valence-electron chi connectivity index (χ3n) is 3.66. The highest BCUT2D eigenvalue weighted by Crippen LogP contribution is 2.23. The number of nitrogens with zero attached hydrogens (tertiary/aromatic N) is 2. The van der Waals surface area contributed by atoms with Crippen LogP contribution in [0.5, 0.6) is 0 Å². The van der Waals surface area contributed by atoms with Gasteiger partial charge in [0.15, 0.2) is 0 Å². The number of halogens is 1. The van der Waals surface area contributed by atoms with Crippen LogP contribution in [0, 0.1) is 0 Å². The van der Waals surface area contributed by atoms with Crippen LogP contribution in [0.1, 0.15) is 18.0 Å². The summed E-state index contributed by atoms with van der Waals surface area (Å²) in [5.41, 5.74) is 7.49. The first-order valence-corrected chi connectivity index (χ1v) is 7.37. The molecule has 4 heteroatoms. The summed E-state index contributed by atoms with van der Waals surface area (Å²) in [4.78, 5) is 4.89. The van der Waals surface area contributed by atoms with E-state index < -0.39 is 0 Å². The molecule has 1 heterocycles. The van der Waals surface area contributed by atoms with Crippen LogP contribution in [0.2, 0.25) is 0 Å². The highest BCUT2D eigenvalue weighted by molar-refractivity contribution is 9.10. The minimum Gasteiger partial charge on any atom is -0.324 e. The van der Waals surface area contributed by atoms with E-state index in [0.29, 0.717) is 0 Å². The third kappa shape index (κ3) is 3.79. The van der Waals surface area contributed by atoms with Crippen molar-refractivity contribution >= 4 is 15.9 Å². The average molecular weight is 312 g/mol. The van der Waals surface area contributed by atoms with Gasteiger partial charge in [-0.05, 0) is 25.1 Å². The van der Waals surface area contributed by atoms with Gasteiger partial charge in [-0.15, -0.1) is 0 Å². The van der Waals surface area contributed by atoms with E-state index in [9.17, 15) is 0 Å². The predicted molar refractivity (Wildman–Crippen MR) is 79.6 cm³/mol. The summed E-state index contributed by atoms with van der Waals surface area (Å²) in [5, 5.41) is 0. The summed E-state index contributed by atoms with van der Waals surface area (Å²) >= 11 is 3.57. The number of rotatable bonds is 4. The van der Waals surface area contributed by atoms with Gasteiger partial charge in [0, 0.05) is 43.2 Å². The zero-order valence-electron chi connectivity index (χ0n) is 11.0. The Morgan fingerprint density at radius 3 is 2.56 bits per heavy atom. The van der Waals surface area contributed by atoms with Crippen molar-refractivity contribution in [3.05, 3.63) is 34.3 Å². The first-order valence-electron chi connectivity index (χ1n) is 6.57. The zero-order chi connectivity index (χ0) is 13.0. The first kappa shape index (κ1) is 14.0. The molecular formula is C14H22BrN3. The fraction of sp³-hybridized carbons (Fsp3) is 0.571. The molecule has 1 unspecified atom stereocenters. The largest absolute Gasteiger partial charge is 0.324 e. The first-order chi connectivity index (χ1) is 8.66. The Balaban J connectivity index is 1.81. The molecule has 0 aromatic heterocycles. The summed E-state index contributed by atoms with van der Waals surface area (Å²) < 4.78 is 1.12. The Hall–Kier alpha value is -0.420. The Morgan fingerprint density at radius 1 is 1.22 bits per heavy atom. The van der Waals surface area contributed by atoms with Crippen LogP contribution in [0.15, 0.2) is 28.7 Å². The lowest BCUT2D eigenvalue weighted by Crippen LogP contribution is -2.45. The zero-order valence-corrected chi connectivity index (χ0v) is 12.6. The average Bonchev–Trinajstić information content (AvgIpc) is 2.38. The fourth-order valence-corrected chi connectivity index (χ4v) is 2.90. The van der Waals surface area contributed by atoms with Gasteiger partial charge in [-0.3, -0.25) is 0 Å². The highest BCUT2D eigenvalue weighted by atomic mass is 79.9. The predicted octanol–water partition coefficient (Wildman–Crippen LogP) is 2.09. The third-order valence-corrected chi connectivity index (χ3v) is 4.38. The Bertz CT molecular complexity index is 375. The van der Waals surface area contributed by atoms with Gasteiger partial charge in [0.1, 0.15) is 0 Å². The molecule has 0 saturated carbocycles. The van der Waals surface area contributed by atoms with Crippen LogP contribution < -0.4 is 5.73 Å².